The number of aliphatic hydroxyl groups excluding tert-OH is 2. The van der Waals surface area contributed by atoms with Crippen molar-refractivity contribution in [1.29, 1.82) is 0 Å². The van der Waals surface area contributed by atoms with Crippen LogP contribution in [0, 0.1) is 23.2 Å². The van der Waals surface area contributed by atoms with E-state index in [1.54, 1.807) is 6.07 Å². The number of nitrogens with two attached hydrogens (primary N) is 1. The van der Waals surface area contributed by atoms with Crippen LogP contribution in [0.2, 0.25) is 0 Å². The van der Waals surface area contributed by atoms with E-state index >= 15 is 0 Å². The molecule has 2 fully saturated rings. The van der Waals surface area contributed by atoms with Gasteiger partial charge in [-0.15, -0.1) is 0 Å². The quantitative estimate of drug-likeness (QED) is 0.701. The molecule has 0 saturated heterocycles. The number of fused-ring (bicyclic) bond motifs is 5. The van der Waals surface area contributed by atoms with Crippen molar-refractivity contribution >= 4 is 5.91 Å². The lowest BCUT2D eigenvalue weighted by Crippen LogP contribution is -2.44. The van der Waals surface area contributed by atoms with Gasteiger partial charge in [-0.2, -0.15) is 0 Å². The summed E-state index contributed by atoms with van der Waals surface area (Å²) >= 11 is 0. The zero-order chi connectivity index (χ0) is 21.8. The van der Waals surface area contributed by atoms with Gasteiger partial charge in [0.15, 0.2) is 0 Å². The highest BCUT2D eigenvalue weighted by Gasteiger charge is 2.57. The Hall–Kier alpha value is -2.17. The zero-order valence-corrected chi connectivity index (χ0v) is 18.3. The van der Waals surface area contributed by atoms with Crippen LogP contribution in [0.25, 0.3) is 0 Å². The van der Waals surface area contributed by atoms with Gasteiger partial charge < -0.3 is 15.9 Å². The number of amides is 1. The Labute approximate surface area is 184 Å². The van der Waals surface area contributed by atoms with E-state index in [2.05, 4.69) is 25.1 Å². The highest BCUT2D eigenvalue weighted by Crippen LogP contribution is 2.62. The van der Waals surface area contributed by atoms with Gasteiger partial charge in [-0.05, 0) is 102 Å². The number of primary amides is 1. The topological polar surface area (TPSA) is 83.5 Å². The molecule has 3 aliphatic rings. The Bertz CT molecular complexity index is 1000. The average Bonchev–Trinajstić information content (AvgIpc) is 3.03. The molecule has 2 aromatic rings. The highest BCUT2D eigenvalue weighted by atomic mass is 16.3. The number of aryl methyl sites for hydroxylation is 1. The monoisotopic (exact) mass is 419 g/mol. The SMILES string of the molecule is CC12CCC3c4ccc(CO)cc4CCC3C1CC(Cc1cccc(C(N)=O)c1)C2O. The standard InChI is InChI=1S/C27H33NO3/c1-27-10-9-22-21-7-5-17(15-29)13-18(21)6-8-23(22)24(27)14-20(25(27)30)12-16-3-2-4-19(11-16)26(28)31/h2-5,7,11,13,20,22-25,29-30H,6,8-10,12,14-15H2,1H3,(H2,28,31). The summed E-state index contributed by atoms with van der Waals surface area (Å²) in [6.07, 6.45) is 5.95. The lowest BCUT2D eigenvalue weighted by atomic mass is 9.55. The van der Waals surface area contributed by atoms with E-state index in [9.17, 15) is 15.0 Å². The molecule has 0 bridgehead atoms. The van der Waals surface area contributed by atoms with Crippen LogP contribution in [0.1, 0.15) is 71.1 Å². The van der Waals surface area contributed by atoms with Gasteiger partial charge in [0.1, 0.15) is 0 Å². The molecule has 0 aliphatic heterocycles. The fraction of sp³-hybridized carbons (Fsp3) is 0.519. The van der Waals surface area contributed by atoms with Gasteiger partial charge in [-0.25, -0.2) is 0 Å². The van der Waals surface area contributed by atoms with Crippen LogP contribution in [0.4, 0.5) is 0 Å². The summed E-state index contributed by atoms with van der Waals surface area (Å²) in [6.45, 7) is 2.41. The Morgan fingerprint density at radius 2 is 2.00 bits per heavy atom. The fourth-order valence-corrected chi connectivity index (χ4v) is 7.24. The Balaban J connectivity index is 1.39. The van der Waals surface area contributed by atoms with Crippen molar-refractivity contribution in [2.24, 2.45) is 28.9 Å². The van der Waals surface area contributed by atoms with Crippen molar-refractivity contribution in [2.45, 2.75) is 64.1 Å². The summed E-state index contributed by atoms with van der Waals surface area (Å²) < 4.78 is 0. The lowest BCUT2D eigenvalue weighted by Gasteiger charge is -2.50. The summed E-state index contributed by atoms with van der Waals surface area (Å²) in [6, 6.07) is 14.1. The summed E-state index contributed by atoms with van der Waals surface area (Å²) in [5, 5.41) is 20.9. The van der Waals surface area contributed by atoms with Gasteiger partial charge in [-0.1, -0.05) is 37.3 Å². The van der Waals surface area contributed by atoms with Crippen LogP contribution in [-0.2, 0) is 19.4 Å². The number of carbonyl (C=O) groups is 1. The minimum atomic E-state index is -0.400. The number of benzene rings is 2. The molecule has 3 aliphatic carbocycles. The maximum absolute atomic E-state index is 11.6. The van der Waals surface area contributed by atoms with E-state index in [0.29, 0.717) is 23.3 Å². The molecule has 6 atom stereocenters. The molecule has 2 aromatic carbocycles. The van der Waals surface area contributed by atoms with Crippen LogP contribution in [-0.4, -0.2) is 22.2 Å². The number of aliphatic hydroxyl groups is 2. The van der Waals surface area contributed by atoms with Gasteiger partial charge in [0.05, 0.1) is 12.7 Å². The molecule has 0 spiro atoms. The number of hydrogen-bond acceptors (Lipinski definition) is 3. The molecule has 164 valence electrons. The highest BCUT2D eigenvalue weighted by molar-refractivity contribution is 5.92. The summed E-state index contributed by atoms with van der Waals surface area (Å²) in [5.74, 6) is 1.52. The van der Waals surface area contributed by atoms with E-state index < -0.39 is 5.91 Å². The lowest BCUT2D eigenvalue weighted by molar-refractivity contribution is -0.0325. The van der Waals surface area contributed by atoms with Crippen LogP contribution < -0.4 is 5.73 Å². The molecule has 6 unspecified atom stereocenters. The second-order valence-electron chi connectivity index (χ2n) is 10.4. The molecular formula is C27H33NO3. The normalized spacial score (nSPS) is 34.0. The first kappa shape index (κ1) is 20.7. The van der Waals surface area contributed by atoms with Crippen molar-refractivity contribution in [3.63, 3.8) is 0 Å². The predicted octanol–water partition coefficient (Wildman–Crippen LogP) is 3.96. The first-order valence-corrected chi connectivity index (χ1v) is 11.7. The molecule has 4 nitrogen and oxygen atoms in total. The van der Waals surface area contributed by atoms with Crippen molar-refractivity contribution in [3.05, 3.63) is 70.3 Å². The molecule has 5 rings (SSSR count). The molecule has 0 heterocycles. The van der Waals surface area contributed by atoms with Crippen LogP contribution in [0.15, 0.2) is 42.5 Å². The number of hydrogen-bond donors (Lipinski definition) is 3. The van der Waals surface area contributed by atoms with E-state index in [1.165, 1.54) is 17.5 Å². The van der Waals surface area contributed by atoms with Crippen LogP contribution in [0.5, 0.6) is 0 Å². The maximum atomic E-state index is 11.6. The van der Waals surface area contributed by atoms with Gasteiger partial charge >= 0.3 is 0 Å². The largest absolute Gasteiger partial charge is 0.392 e. The van der Waals surface area contributed by atoms with Crippen LogP contribution >= 0.6 is 0 Å². The van der Waals surface area contributed by atoms with Gasteiger partial charge in [0, 0.05) is 5.56 Å². The third-order valence-electron chi connectivity index (χ3n) is 8.80. The Morgan fingerprint density at radius 3 is 2.77 bits per heavy atom. The molecule has 1 amide bonds. The summed E-state index contributed by atoms with van der Waals surface area (Å²) in [7, 11) is 0. The van der Waals surface area contributed by atoms with Crippen molar-refractivity contribution in [2.75, 3.05) is 0 Å². The van der Waals surface area contributed by atoms with Gasteiger partial charge in [0.2, 0.25) is 5.91 Å². The molecule has 4 heteroatoms. The predicted molar refractivity (Wildman–Crippen MR) is 121 cm³/mol. The molecule has 31 heavy (non-hydrogen) atoms. The third-order valence-corrected chi connectivity index (χ3v) is 8.80. The van der Waals surface area contributed by atoms with Crippen molar-refractivity contribution < 1.29 is 15.0 Å². The molecule has 0 radical (unpaired) electrons. The second kappa shape index (κ2) is 7.75. The molecule has 0 aromatic heterocycles. The van der Waals surface area contributed by atoms with E-state index in [1.807, 2.05) is 18.2 Å². The molecule has 4 N–H and O–H groups in total. The fourth-order valence-electron chi connectivity index (χ4n) is 7.24. The summed E-state index contributed by atoms with van der Waals surface area (Å²) in [5.41, 5.74) is 11.0. The smallest absolute Gasteiger partial charge is 0.248 e. The average molecular weight is 420 g/mol. The van der Waals surface area contributed by atoms with Crippen molar-refractivity contribution in [3.8, 4) is 0 Å². The van der Waals surface area contributed by atoms with Crippen molar-refractivity contribution in [1.82, 2.24) is 0 Å². The van der Waals surface area contributed by atoms with E-state index in [4.69, 9.17) is 5.73 Å². The number of rotatable bonds is 4. The third kappa shape index (κ3) is 3.41. The minimum Gasteiger partial charge on any atom is -0.392 e. The van der Waals surface area contributed by atoms with Gasteiger partial charge in [0.25, 0.3) is 0 Å². The van der Waals surface area contributed by atoms with E-state index in [-0.39, 0.29) is 24.0 Å². The van der Waals surface area contributed by atoms with Gasteiger partial charge in [-0.3, -0.25) is 4.79 Å². The zero-order valence-electron chi connectivity index (χ0n) is 18.3. The maximum Gasteiger partial charge on any atom is 0.248 e. The molecule has 2 saturated carbocycles. The Kier molecular flexibility index (Phi) is 5.18. The first-order valence-electron chi connectivity index (χ1n) is 11.7. The first-order chi connectivity index (χ1) is 14.9. The summed E-state index contributed by atoms with van der Waals surface area (Å²) in [4.78, 5) is 11.6. The Morgan fingerprint density at radius 1 is 1.16 bits per heavy atom. The van der Waals surface area contributed by atoms with Crippen LogP contribution in [0.3, 0.4) is 0 Å². The minimum absolute atomic E-state index is 0.0321. The second-order valence-corrected chi connectivity index (χ2v) is 10.4. The van der Waals surface area contributed by atoms with E-state index in [0.717, 1.165) is 43.2 Å². The molecular weight excluding hydrogens is 386 g/mol. The number of carbonyl (C=O) groups excluding carboxylic acids is 1.